The molecule has 2 amide bonds. The molecule has 140 valence electrons. The Morgan fingerprint density at radius 3 is 2.44 bits per heavy atom. The van der Waals surface area contributed by atoms with Crippen molar-refractivity contribution in [1.29, 1.82) is 0 Å². The van der Waals surface area contributed by atoms with Crippen molar-refractivity contribution in [3.05, 3.63) is 65.7 Å². The predicted octanol–water partition coefficient (Wildman–Crippen LogP) is 3.54. The van der Waals surface area contributed by atoms with E-state index >= 15 is 0 Å². The molecular weight excluding hydrogens is 336 g/mol. The van der Waals surface area contributed by atoms with Gasteiger partial charge >= 0.3 is 0 Å². The molecule has 4 rings (SSSR count). The molecule has 1 fully saturated rings. The summed E-state index contributed by atoms with van der Waals surface area (Å²) in [7, 11) is 1.82. The van der Waals surface area contributed by atoms with E-state index in [1.165, 1.54) is 0 Å². The summed E-state index contributed by atoms with van der Waals surface area (Å²) in [6.45, 7) is 2.73. The van der Waals surface area contributed by atoms with Crippen LogP contribution in [-0.2, 0) is 21.4 Å². The Morgan fingerprint density at radius 1 is 1.11 bits per heavy atom. The van der Waals surface area contributed by atoms with Crippen molar-refractivity contribution in [3.8, 4) is 0 Å². The summed E-state index contributed by atoms with van der Waals surface area (Å²) in [5, 5.41) is 0. The molecule has 27 heavy (non-hydrogen) atoms. The van der Waals surface area contributed by atoms with Gasteiger partial charge in [0.1, 0.15) is 0 Å². The lowest BCUT2D eigenvalue weighted by atomic mass is 9.73. The van der Waals surface area contributed by atoms with Gasteiger partial charge in [-0.1, -0.05) is 48.5 Å². The van der Waals surface area contributed by atoms with Crippen molar-refractivity contribution in [2.45, 2.75) is 44.1 Å². The zero-order valence-corrected chi connectivity index (χ0v) is 16.0. The van der Waals surface area contributed by atoms with E-state index in [0.717, 1.165) is 29.7 Å². The molecule has 0 N–H and O–H groups in total. The van der Waals surface area contributed by atoms with Crippen LogP contribution in [-0.4, -0.2) is 36.3 Å². The Morgan fingerprint density at radius 2 is 1.78 bits per heavy atom. The maximum atomic E-state index is 13.5. The highest BCUT2D eigenvalue weighted by atomic mass is 16.2. The summed E-state index contributed by atoms with van der Waals surface area (Å²) in [5.74, 6) is 0.113. The van der Waals surface area contributed by atoms with E-state index < -0.39 is 5.41 Å². The third-order valence-corrected chi connectivity index (χ3v) is 5.95. The van der Waals surface area contributed by atoms with E-state index in [0.29, 0.717) is 19.0 Å². The van der Waals surface area contributed by atoms with Gasteiger partial charge in [-0.05, 0) is 43.4 Å². The monoisotopic (exact) mass is 362 g/mol. The van der Waals surface area contributed by atoms with Crippen LogP contribution in [0.2, 0.25) is 0 Å². The fraction of sp³-hybridized carbons (Fsp3) is 0.391. The molecule has 4 heteroatoms. The van der Waals surface area contributed by atoms with Crippen molar-refractivity contribution in [2.75, 3.05) is 18.5 Å². The average molecular weight is 362 g/mol. The van der Waals surface area contributed by atoms with Crippen LogP contribution >= 0.6 is 0 Å². The predicted molar refractivity (Wildman–Crippen MR) is 107 cm³/mol. The summed E-state index contributed by atoms with van der Waals surface area (Å²) in [4.78, 5) is 30.4. The van der Waals surface area contributed by atoms with E-state index in [2.05, 4.69) is 0 Å². The highest BCUT2D eigenvalue weighted by Gasteiger charge is 2.51. The van der Waals surface area contributed by atoms with Gasteiger partial charge in [0.2, 0.25) is 11.8 Å². The maximum absolute atomic E-state index is 13.5. The van der Waals surface area contributed by atoms with Gasteiger partial charge in [-0.25, -0.2) is 0 Å². The minimum atomic E-state index is -0.827. The van der Waals surface area contributed by atoms with Crippen LogP contribution in [0.1, 0.15) is 37.3 Å². The Kier molecular flexibility index (Phi) is 4.50. The van der Waals surface area contributed by atoms with Crippen LogP contribution in [0.25, 0.3) is 0 Å². The molecule has 0 bridgehead atoms. The molecule has 1 atom stereocenters. The van der Waals surface area contributed by atoms with Crippen LogP contribution in [0.3, 0.4) is 0 Å². The van der Waals surface area contributed by atoms with Crippen LogP contribution in [0.5, 0.6) is 0 Å². The van der Waals surface area contributed by atoms with Crippen molar-refractivity contribution < 1.29 is 9.59 Å². The van der Waals surface area contributed by atoms with Gasteiger partial charge in [0.25, 0.3) is 0 Å². The van der Waals surface area contributed by atoms with Crippen molar-refractivity contribution in [3.63, 3.8) is 0 Å². The first-order valence-corrected chi connectivity index (χ1v) is 9.78. The number of anilines is 1. The molecule has 1 aliphatic carbocycles. The number of carbonyl (C=O) groups excluding carboxylic acids is 2. The quantitative estimate of drug-likeness (QED) is 0.789. The maximum Gasteiger partial charge on any atom is 0.238 e. The minimum Gasteiger partial charge on any atom is -0.340 e. The Bertz CT molecular complexity index is 860. The van der Waals surface area contributed by atoms with Gasteiger partial charge < -0.3 is 9.80 Å². The average Bonchev–Trinajstić information content (AvgIpc) is 3.50. The molecule has 2 aliphatic rings. The number of nitrogens with zero attached hydrogens (tertiary/aromatic N) is 2. The summed E-state index contributed by atoms with van der Waals surface area (Å²) >= 11 is 0. The van der Waals surface area contributed by atoms with Crippen LogP contribution in [0.15, 0.2) is 54.6 Å². The highest BCUT2D eigenvalue weighted by molar-refractivity contribution is 6.10. The van der Waals surface area contributed by atoms with Crippen molar-refractivity contribution in [1.82, 2.24) is 4.90 Å². The van der Waals surface area contributed by atoms with Gasteiger partial charge in [0.15, 0.2) is 0 Å². The number of likely N-dealkylation sites (N-methyl/N-ethyl adjacent to an activating group) is 1. The number of amides is 2. The first kappa shape index (κ1) is 17.8. The molecule has 2 aromatic rings. The fourth-order valence-corrected chi connectivity index (χ4v) is 4.45. The molecule has 0 saturated heterocycles. The molecule has 4 nitrogen and oxygen atoms in total. The molecule has 0 unspecified atom stereocenters. The number of benzene rings is 2. The largest absolute Gasteiger partial charge is 0.340 e. The summed E-state index contributed by atoms with van der Waals surface area (Å²) < 4.78 is 0. The molecular formula is C23H26N2O2. The first-order chi connectivity index (χ1) is 13.1. The zero-order valence-electron chi connectivity index (χ0n) is 16.0. The standard InChI is InChI=1S/C23H26N2O2/c1-3-25(18-13-14-18)21(26)16-23(15-17-9-5-4-6-10-17)19-11-7-8-12-20(19)24(2)22(23)27/h4-12,18H,3,13-16H2,1-2H3/t23-/m1/s1. The van der Waals surface area contributed by atoms with E-state index in [4.69, 9.17) is 0 Å². The lowest BCUT2D eigenvalue weighted by molar-refractivity contribution is -0.136. The van der Waals surface area contributed by atoms with Crippen molar-refractivity contribution in [2.24, 2.45) is 0 Å². The summed E-state index contributed by atoms with van der Waals surface area (Å²) in [5.41, 5.74) is 2.15. The van der Waals surface area contributed by atoms with Gasteiger partial charge in [-0.3, -0.25) is 9.59 Å². The molecule has 1 heterocycles. The summed E-state index contributed by atoms with van der Waals surface area (Å²) in [6.07, 6.45) is 2.93. The molecule has 2 aromatic carbocycles. The van der Waals surface area contributed by atoms with E-state index in [-0.39, 0.29) is 18.2 Å². The van der Waals surface area contributed by atoms with Crippen molar-refractivity contribution >= 4 is 17.5 Å². The van der Waals surface area contributed by atoms with E-state index in [1.54, 1.807) is 4.90 Å². The Labute approximate surface area is 160 Å². The third-order valence-electron chi connectivity index (χ3n) is 5.95. The molecule has 1 aliphatic heterocycles. The van der Waals surface area contributed by atoms with E-state index in [9.17, 15) is 9.59 Å². The van der Waals surface area contributed by atoms with Crippen LogP contribution in [0, 0.1) is 0 Å². The third kappa shape index (κ3) is 3.03. The normalized spacial score (nSPS) is 21.3. The molecule has 0 radical (unpaired) electrons. The number of hydrogen-bond acceptors (Lipinski definition) is 2. The Balaban J connectivity index is 1.76. The van der Waals surface area contributed by atoms with Gasteiger partial charge in [-0.15, -0.1) is 0 Å². The van der Waals surface area contributed by atoms with Gasteiger partial charge in [0.05, 0.1) is 5.41 Å². The second kappa shape index (κ2) is 6.84. The molecule has 0 aromatic heterocycles. The first-order valence-electron chi connectivity index (χ1n) is 9.78. The van der Waals surface area contributed by atoms with Crippen LogP contribution < -0.4 is 4.90 Å². The Hall–Kier alpha value is -2.62. The highest BCUT2D eigenvalue weighted by Crippen LogP contribution is 2.46. The number of carbonyl (C=O) groups is 2. The molecule has 1 saturated carbocycles. The smallest absolute Gasteiger partial charge is 0.238 e. The lowest BCUT2D eigenvalue weighted by Crippen LogP contribution is -2.46. The zero-order chi connectivity index (χ0) is 19.0. The number of para-hydroxylation sites is 1. The molecule has 0 spiro atoms. The topological polar surface area (TPSA) is 40.6 Å². The van der Waals surface area contributed by atoms with E-state index in [1.807, 2.05) is 73.5 Å². The lowest BCUT2D eigenvalue weighted by Gasteiger charge is -2.31. The summed E-state index contributed by atoms with van der Waals surface area (Å²) in [6, 6.07) is 18.3. The fourth-order valence-electron chi connectivity index (χ4n) is 4.45. The number of fused-ring (bicyclic) bond motifs is 1. The number of rotatable bonds is 6. The second-order valence-electron chi connectivity index (χ2n) is 7.71. The number of hydrogen-bond donors (Lipinski definition) is 0. The van der Waals surface area contributed by atoms with Gasteiger partial charge in [-0.2, -0.15) is 0 Å². The minimum absolute atomic E-state index is 0.0211. The second-order valence-corrected chi connectivity index (χ2v) is 7.71. The SMILES string of the molecule is CCN(C(=O)C[C@@]1(Cc2ccccc2)C(=O)N(C)c2ccccc21)C1CC1. The van der Waals surface area contributed by atoms with Gasteiger partial charge in [0, 0.05) is 31.7 Å². The van der Waals surface area contributed by atoms with Crippen LogP contribution in [0.4, 0.5) is 5.69 Å².